The van der Waals surface area contributed by atoms with Crippen molar-refractivity contribution in [1.82, 2.24) is 5.16 Å². The van der Waals surface area contributed by atoms with E-state index in [1.807, 2.05) is 0 Å². The zero-order valence-electron chi connectivity index (χ0n) is 7.90. The summed E-state index contributed by atoms with van der Waals surface area (Å²) in [6.07, 6.45) is 1.57. The predicted molar refractivity (Wildman–Crippen MR) is 51.3 cm³/mol. The fourth-order valence-electron chi connectivity index (χ4n) is 1.64. The van der Waals surface area contributed by atoms with Crippen molar-refractivity contribution in [1.29, 1.82) is 0 Å². The minimum absolute atomic E-state index is 0.117. The first-order valence-electron chi connectivity index (χ1n) is 4.66. The molecule has 1 N–H and O–H groups in total. The van der Waals surface area contributed by atoms with Gasteiger partial charge in [-0.1, -0.05) is 16.8 Å². The van der Waals surface area contributed by atoms with E-state index in [2.05, 4.69) is 5.16 Å². The topological polar surface area (TPSA) is 72.6 Å². The summed E-state index contributed by atoms with van der Waals surface area (Å²) in [5.74, 6) is -0.578. The molecule has 6 heteroatoms. The number of hydrogen-bond donors (Lipinski definition) is 1. The van der Waals surface area contributed by atoms with Crippen LogP contribution in [0.2, 0.25) is 5.02 Å². The van der Waals surface area contributed by atoms with Gasteiger partial charge < -0.3 is 14.4 Å². The average molecular weight is 232 g/mol. The molecule has 5 nitrogen and oxygen atoms in total. The molecule has 15 heavy (non-hydrogen) atoms. The molecule has 0 spiro atoms. The van der Waals surface area contributed by atoms with Gasteiger partial charge in [0.2, 0.25) is 5.69 Å². The van der Waals surface area contributed by atoms with Crippen molar-refractivity contribution in [3.8, 4) is 0 Å². The van der Waals surface area contributed by atoms with Crippen LogP contribution < -0.4 is 0 Å². The third-order valence-corrected chi connectivity index (χ3v) is 2.82. The van der Waals surface area contributed by atoms with Crippen LogP contribution in [0.4, 0.5) is 0 Å². The Kier molecular flexibility index (Phi) is 2.93. The van der Waals surface area contributed by atoms with Crippen LogP contribution >= 0.6 is 11.6 Å². The average Bonchev–Trinajstić information content (AvgIpc) is 2.61. The van der Waals surface area contributed by atoms with Gasteiger partial charge in [-0.25, -0.2) is 4.79 Å². The standard InChI is InChI=1S/C9H10ClNO4/c10-6-7(9(12)13)11-15-8(6)5-1-3-14-4-2-5/h5H,1-4H2,(H,12,13). The highest BCUT2D eigenvalue weighted by Crippen LogP contribution is 2.33. The highest BCUT2D eigenvalue weighted by atomic mass is 35.5. The summed E-state index contributed by atoms with van der Waals surface area (Å²) in [6, 6.07) is 0. The van der Waals surface area contributed by atoms with Crippen molar-refractivity contribution >= 4 is 17.6 Å². The first-order chi connectivity index (χ1) is 7.20. The fourth-order valence-corrected chi connectivity index (χ4v) is 1.94. The summed E-state index contributed by atoms with van der Waals surface area (Å²) in [5, 5.41) is 12.3. The highest BCUT2D eigenvalue weighted by molar-refractivity contribution is 6.33. The Labute approximate surface area is 91.0 Å². The Morgan fingerprint density at radius 2 is 2.13 bits per heavy atom. The molecule has 0 amide bonds. The second-order valence-electron chi connectivity index (χ2n) is 3.40. The molecule has 0 radical (unpaired) electrons. The number of carbonyl (C=O) groups is 1. The number of carboxylic acids is 1. The van der Waals surface area contributed by atoms with Crippen LogP contribution in [0.25, 0.3) is 0 Å². The summed E-state index contributed by atoms with van der Waals surface area (Å²) in [4.78, 5) is 10.7. The fraction of sp³-hybridized carbons (Fsp3) is 0.556. The lowest BCUT2D eigenvalue weighted by Crippen LogP contribution is -2.13. The van der Waals surface area contributed by atoms with E-state index in [1.165, 1.54) is 0 Å². The van der Waals surface area contributed by atoms with Crippen molar-refractivity contribution in [2.45, 2.75) is 18.8 Å². The van der Waals surface area contributed by atoms with Gasteiger partial charge in [-0.15, -0.1) is 0 Å². The summed E-state index contributed by atoms with van der Waals surface area (Å²) >= 11 is 5.87. The van der Waals surface area contributed by atoms with E-state index in [4.69, 9.17) is 26.0 Å². The van der Waals surface area contributed by atoms with E-state index < -0.39 is 5.97 Å². The normalized spacial score (nSPS) is 17.9. The second-order valence-corrected chi connectivity index (χ2v) is 3.78. The van der Waals surface area contributed by atoms with Gasteiger partial charge in [0, 0.05) is 19.1 Å². The van der Waals surface area contributed by atoms with Gasteiger partial charge in [-0.3, -0.25) is 0 Å². The quantitative estimate of drug-likeness (QED) is 0.842. The van der Waals surface area contributed by atoms with Gasteiger partial charge in [-0.05, 0) is 12.8 Å². The lowest BCUT2D eigenvalue weighted by atomic mass is 9.97. The third kappa shape index (κ3) is 1.98. The molecule has 0 aromatic carbocycles. The molecular formula is C9H10ClNO4. The van der Waals surface area contributed by atoms with Crippen LogP contribution in [0.5, 0.6) is 0 Å². The molecule has 1 fully saturated rings. The summed E-state index contributed by atoms with van der Waals surface area (Å²) in [6.45, 7) is 1.29. The molecule has 1 aliphatic heterocycles. The monoisotopic (exact) mass is 231 g/mol. The number of nitrogens with zero attached hydrogens (tertiary/aromatic N) is 1. The summed E-state index contributed by atoms with van der Waals surface area (Å²) < 4.78 is 10.2. The number of hydrogen-bond acceptors (Lipinski definition) is 4. The van der Waals surface area contributed by atoms with E-state index in [1.54, 1.807) is 0 Å². The van der Waals surface area contributed by atoms with Crippen molar-refractivity contribution in [3.63, 3.8) is 0 Å². The number of carboxylic acid groups (broad SMARTS) is 1. The van der Waals surface area contributed by atoms with Crippen LogP contribution in [0.1, 0.15) is 35.0 Å². The second kappa shape index (κ2) is 4.20. The molecule has 0 saturated carbocycles. The van der Waals surface area contributed by atoms with E-state index in [9.17, 15) is 4.79 Å². The third-order valence-electron chi connectivity index (χ3n) is 2.45. The molecule has 2 heterocycles. The number of halogens is 1. The molecule has 0 atom stereocenters. The lowest BCUT2D eigenvalue weighted by molar-refractivity contribution is 0.0683. The van der Waals surface area contributed by atoms with Gasteiger partial charge >= 0.3 is 5.97 Å². The van der Waals surface area contributed by atoms with Gasteiger partial charge in [-0.2, -0.15) is 0 Å². The van der Waals surface area contributed by atoms with Crippen molar-refractivity contribution in [2.24, 2.45) is 0 Å². The maximum atomic E-state index is 10.7. The van der Waals surface area contributed by atoms with Gasteiger partial charge in [0.05, 0.1) is 0 Å². The number of aromatic carboxylic acids is 1. The Morgan fingerprint density at radius 1 is 1.47 bits per heavy atom. The predicted octanol–water partition coefficient (Wildman–Crippen LogP) is 1.92. The van der Waals surface area contributed by atoms with Crippen molar-refractivity contribution in [2.75, 3.05) is 13.2 Å². The van der Waals surface area contributed by atoms with E-state index >= 15 is 0 Å². The number of aromatic nitrogens is 1. The van der Waals surface area contributed by atoms with Crippen molar-refractivity contribution in [3.05, 3.63) is 16.5 Å². The van der Waals surface area contributed by atoms with E-state index in [-0.39, 0.29) is 16.6 Å². The van der Waals surface area contributed by atoms with Crippen LogP contribution in [0.3, 0.4) is 0 Å². The first-order valence-corrected chi connectivity index (χ1v) is 5.04. The minimum Gasteiger partial charge on any atom is -0.476 e. The van der Waals surface area contributed by atoms with Crippen LogP contribution in [-0.4, -0.2) is 29.4 Å². The molecule has 82 valence electrons. The molecule has 1 aromatic heterocycles. The van der Waals surface area contributed by atoms with E-state index in [0.717, 1.165) is 12.8 Å². The molecule has 2 rings (SSSR count). The van der Waals surface area contributed by atoms with Gasteiger partial charge in [0.1, 0.15) is 5.02 Å². The SMILES string of the molecule is O=C(O)c1noc(C2CCOCC2)c1Cl. The number of ether oxygens (including phenoxy) is 1. The Morgan fingerprint density at radius 3 is 2.67 bits per heavy atom. The van der Waals surface area contributed by atoms with Gasteiger partial charge in [0.25, 0.3) is 0 Å². The Balaban J connectivity index is 2.24. The molecule has 1 saturated heterocycles. The molecule has 0 bridgehead atoms. The smallest absolute Gasteiger partial charge is 0.359 e. The zero-order chi connectivity index (χ0) is 10.8. The lowest BCUT2D eigenvalue weighted by Gasteiger charge is -2.19. The van der Waals surface area contributed by atoms with Crippen molar-refractivity contribution < 1.29 is 19.2 Å². The minimum atomic E-state index is -1.16. The Bertz CT molecular complexity index is 370. The summed E-state index contributed by atoms with van der Waals surface area (Å²) in [7, 11) is 0. The first kappa shape index (κ1) is 10.4. The van der Waals surface area contributed by atoms with E-state index in [0.29, 0.717) is 19.0 Å². The summed E-state index contributed by atoms with van der Waals surface area (Å²) in [5.41, 5.74) is -0.210. The largest absolute Gasteiger partial charge is 0.476 e. The highest BCUT2D eigenvalue weighted by Gasteiger charge is 2.27. The zero-order valence-corrected chi connectivity index (χ0v) is 8.66. The number of rotatable bonds is 2. The maximum Gasteiger partial charge on any atom is 0.359 e. The molecular weight excluding hydrogens is 222 g/mol. The molecule has 0 aliphatic carbocycles. The van der Waals surface area contributed by atoms with Crippen LogP contribution in [0.15, 0.2) is 4.52 Å². The van der Waals surface area contributed by atoms with Crippen LogP contribution in [-0.2, 0) is 4.74 Å². The maximum absolute atomic E-state index is 10.7. The van der Waals surface area contributed by atoms with Gasteiger partial charge in [0.15, 0.2) is 5.76 Å². The van der Waals surface area contributed by atoms with Crippen LogP contribution in [0, 0.1) is 0 Å². The molecule has 1 aliphatic rings. The Hall–Kier alpha value is -1.07. The molecule has 0 unspecified atom stereocenters. The molecule has 1 aromatic rings.